The fourth-order valence-electron chi connectivity index (χ4n) is 2.64. The van der Waals surface area contributed by atoms with Crippen LogP contribution >= 0.6 is 15.9 Å². The van der Waals surface area contributed by atoms with Crippen molar-refractivity contribution in [2.45, 2.75) is 6.42 Å². The molecule has 1 fully saturated rings. The van der Waals surface area contributed by atoms with Gasteiger partial charge in [-0.2, -0.15) is 0 Å². The molecule has 0 bridgehead atoms. The van der Waals surface area contributed by atoms with Gasteiger partial charge in [0.2, 0.25) is 11.8 Å². The lowest BCUT2D eigenvalue weighted by molar-refractivity contribution is -0.122. The van der Waals surface area contributed by atoms with Crippen LogP contribution in [-0.4, -0.2) is 18.4 Å². The molecule has 0 aromatic heterocycles. The Hall–Kier alpha value is -2.35. The second-order valence-electron chi connectivity index (χ2n) is 5.57. The summed E-state index contributed by atoms with van der Waals surface area (Å²) < 4.78 is 40.6. The quantitative estimate of drug-likeness (QED) is 0.778. The van der Waals surface area contributed by atoms with Crippen molar-refractivity contribution < 1.29 is 22.8 Å². The van der Waals surface area contributed by atoms with Gasteiger partial charge in [0.1, 0.15) is 0 Å². The Labute approximate surface area is 149 Å². The van der Waals surface area contributed by atoms with Crippen molar-refractivity contribution in [3.63, 3.8) is 0 Å². The number of halogens is 4. The Morgan fingerprint density at radius 2 is 1.84 bits per heavy atom. The zero-order valence-electron chi connectivity index (χ0n) is 12.7. The third kappa shape index (κ3) is 3.39. The van der Waals surface area contributed by atoms with Crippen LogP contribution in [0, 0.1) is 23.4 Å². The summed E-state index contributed by atoms with van der Waals surface area (Å²) in [5.41, 5.74) is 0.164. The summed E-state index contributed by atoms with van der Waals surface area (Å²) in [7, 11) is 0. The van der Waals surface area contributed by atoms with E-state index in [1.165, 1.54) is 4.90 Å². The number of amides is 2. The van der Waals surface area contributed by atoms with Crippen molar-refractivity contribution in [2.24, 2.45) is 5.92 Å². The predicted octanol–water partition coefficient (Wildman–Crippen LogP) is 3.86. The molecule has 1 unspecified atom stereocenters. The first-order valence-corrected chi connectivity index (χ1v) is 8.17. The Balaban J connectivity index is 1.76. The molecule has 1 aliphatic rings. The fourth-order valence-corrected chi connectivity index (χ4v) is 3.14. The van der Waals surface area contributed by atoms with Crippen LogP contribution in [0.3, 0.4) is 0 Å². The molecular formula is C17H12BrF3N2O2. The summed E-state index contributed by atoms with van der Waals surface area (Å²) in [5, 5.41) is 2.22. The van der Waals surface area contributed by atoms with Crippen molar-refractivity contribution >= 4 is 39.1 Å². The zero-order valence-corrected chi connectivity index (χ0v) is 14.3. The summed E-state index contributed by atoms with van der Waals surface area (Å²) in [4.78, 5) is 25.9. The van der Waals surface area contributed by atoms with Gasteiger partial charge in [-0.15, -0.1) is 0 Å². The molecule has 8 heteroatoms. The van der Waals surface area contributed by atoms with E-state index in [-0.39, 0.29) is 18.9 Å². The molecule has 130 valence electrons. The van der Waals surface area contributed by atoms with Gasteiger partial charge in [0, 0.05) is 17.4 Å². The van der Waals surface area contributed by atoms with Crippen LogP contribution in [0.4, 0.5) is 24.5 Å². The molecule has 3 rings (SSSR count). The van der Waals surface area contributed by atoms with Gasteiger partial charge in [-0.3, -0.25) is 9.59 Å². The number of carbonyl (C=O) groups excluding carboxylic acids is 2. The number of rotatable bonds is 3. The number of carbonyl (C=O) groups is 2. The summed E-state index contributed by atoms with van der Waals surface area (Å²) in [6.45, 7) is 0.110. The van der Waals surface area contributed by atoms with E-state index >= 15 is 0 Å². The molecule has 1 saturated heterocycles. The Kier molecular flexibility index (Phi) is 4.80. The summed E-state index contributed by atoms with van der Waals surface area (Å²) >= 11 is 3.35. The minimum absolute atomic E-state index is 0.0571. The maximum Gasteiger partial charge on any atom is 0.229 e. The van der Waals surface area contributed by atoms with E-state index in [1.807, 2.05) is 0 Å². The predicted molar refractivity (Wildman–Crippen MR) is 89.5 cm³/mol. The minimum Gasteiger partial charge on any atom is -0.323 e. The van der Waals surface area contributed by atoms with Crippen LogP contribution in [0.25, 0.3) is 0 Å². The van der Waals surface area contributed by atoms with Crippen molar-refractivity contribution in [3.05, 3.63) is 58.3 Å². The van der Waals surface area contributed by atoms with Crippen molar-refractivity contribution in [1.82, 2.24) is 0 Å². The molecule has 1 N–H and O–H groups in total. The average molecular weight is 413 g/mol. The zero-order chi connectivity index (χ0) is 18.1. The molecule has 0 saturated carbocycles. The highest BCUT2D eigenvalue weighted by molar-refractivity contribution is 9.10. The smallest absolute Gasteiger partial charge is 0.229 e. The Bertz CT molecular complexity index is 860. The van der Waals surface area contributed by atoms with E-state index in [9.17, 15) is 22.8 Å². The first-order chi connectivity index (χ1) is 11.9. The van der Waals surface area contributed by atoms with Crippen LogP contribution < -0.4 is 10.2 Å². The number of anilines is 2. The number of benzene rings is 2. The summed E-state index contributed by atoms with van der Waals surface area (Å²) in [6, 6.07) is 8.72. The first kappa shape index (κ1) is 17.5. The summed E-state index contributed by atoms with van der Waals surface area (Å²) in [6.07, 6.45) is -0.0571. The monoisotopic (exact) mass is 412 g/mol. The Morgan fingerprint density at radius 1 is 1.12 bits per heavy atom. The number of hydrogen-bond acceptors (Lipinski definition) is 2. The molecule has 2 aromatic carbocycles. The van der Waals surface area contributed by atoms with E-state index in [0.29, 0.717) is 10.2 Å². The second-order valence-corrected chi connectivity index (χ2v) is 6.42. The van der Waals surface area contributed by atoms with Gasteiger partial charge < -0.3 is 10.2 Å². The fraction of sp³-hybridized carbons (Fsp3) is 0.176. The second kappa shape index (κ2) is 6.87. The van der Waals surface area contributed by atoms with E-state index in [0.717, 1.165) is 12.1 Å². The van der Waals surface area contributed by atoms with Gasteiger partial charge in [0.25, 0.3) is 0 Å². The van der Waals surface area contributed by atoms with E-state index in [1.54, 1.807) is 24.3 Å². The molecule has 0 spiro atoms. The average Bonchev–Trinajstić information content (AvgIpc) is 2.97. The van der Waals surface area contributed by atoms with Gasteiger partial charge in [0.05, 0.1) is 17.3 Å². The number of hydrogen-bond donors (Lipinski definition) is 1. The highest BCUT2D eigenvalue weighted by atomic mass is 79.9. The molecule has 4 nitrogen and oxygen atoms in total. The SMILES string of the molecule is O=C(Nc1ccc(F)c(F)c1F)C1CC(=O)N(c2ccccc2Br)C1. The van der Waals surface area contributed by atoms with Gasteiger partial charge in [0.15, 0.2) is 17.5 Å². The topological polar surface area (TPSA) is 49.4 Å². The van der Waals surface area contributed by atoms with E-state index in [4.69, 9.17) is 0 Å². The first-order valence-electron chi connectivity index (χ1n) is 7.37. The van der Waals surface area contributed by atoms with Gasteiger partial charge in [-0.05, 0) is 40.2 Å². The van der Waals surface area contributed by atoms with Crippen molar-refractivity contribution in [3.8, 4) is 0 Å². The number of nitrogens with one attached hydrogen (secondary N) is 1. The third-order valence-electron chi connectivity index (χ3n) is 3.93. The normalized spacial score (nSPS) is 17.0. The molecule has 2 aromatic rings. The van der Waals surface area contributed by atoms with Crippen LogP contribution in [0.5, 0.6) is 0 Å². The van der Waals surface area contributed by atoms with E-state index < -0.39 is 35.0 Å². The van der Waals surface area contributed by atoms with Gasteiger partial charge in [-0.25, -0.2) is 13.2 Å². The number of nitrogens with zero attached hydrogens (tertiary/aromatic N) is 1. The molecule has 1 heterocycles. The van der Waals surface area contributed by atoms with Crippen LogP contribution in [-0.2, 0) is 9.59 Å². The van der Waals surface area contributed by atoms with E-state index in [2.05, 4.69) is 21.2 Å². The molecule has 1 atom stereocenters. The van der Waals surface area contributed by atoms with Gasteiger partial charge in [-0.1, -0.05) is 12.1 Å². The molecule has 25 heavy (non-hydrogen) atoms. The minimum atomic E-state index is -1.66. The maximum atomic E-state index is 13.7. The number of para-hydroxylation sites is 1. The Morgan fingerprint density at radius 3 is 2.56 bits per heavy atom. The molecule has 2 amide bonds. The standard InChI is InChI=1S/C17H12BrF3N2O2/c18-10-3-1-2-4-13(10)23-8-9(7-14(23)24)17(25)22-12-6-5-11(19)15(20)16(12)21/h1-6,9H,7-8H2,(H,22,25). The van der Waals surface area contributed by atoms with Gasteiger partial charge >= 0.3 is 0 Å². The van der Waals surface area contributed by atoms with Crippen molar-refractivity contribution in [1.29, 1.82) is 0 Å². The highest BCUT2D eigenvalue weighted by Gasteiger charge is 2.36. The lowest BCUT2D eigenvalue weighted by Gasteiger charge is -2.18. The van der Waals surface area contributed by atoms with Crippen molar-refractivity contribution in [2.75, 3.05) is 16.8 Å². The molecule has 0 radical (unpaired) electrons. The molecule has 1 aliphatic heterocycles. The highest BCUT2D eigenvalue weighted by Crippen LogP contribution is 2.32. The maximum absolute atomic E-state index is 13.7. The van der Waals surface area contributed by atoms with Crippen LogP contribution in [0.15, 0.2) is 40.9 Å². The molecule has 0 aliphatic carbocycles. The summed E-state index contributed by atoms with van der Waals surface area (Å²) in [5.74, 6) is -6.08. The lowest BCUT2D eigenvalue weighted by atomic mass is 10.1. The molecular weight excluding hydrogens is 401 g/mol. The van der Waals surface area contributed by atoms with Crippen LogP contribution in [0.1, 0.15) is 6.42 Å². The lowest BCUT2D eigenvalue weighted by Crippen LogP contribution is -2.28. The third-order valence-corrected chi connectivity index (χ3v) is 4.60. The largest absolute Gasteiger partial charge is 0.323 e. The van der Waals surface area contributed by atoms with Crippen LogP contribution in [0.2, 0.25) is 0 Å².